The predicted molar refractivity (Wildman–Crippen MR) is 79.9 cm³/mol. The van der Waals surface area contributed by atoms with E-state index < -0.39 is 0 Å². The summed E-state index contributed by atoms with van der Waals surface area (Å²) < 4.78 is 11.4. The molecule has 21 heavy (non-hydrogen) atoms. The van der Waals surface area contributed by atoms with Gasteiger partial charge >= 0.3 is 5.97 Å². The molecule has 0 spiro atoms. The average molecular weight is 289 g/mol. The number of carbonyl (C=O) groups is 1. The lowest BCUT2D eigenvalue weighted by Gasteiger charge is -2.33. The summed E-state index contributed by atoms with van der Waals surface area (Å²) in [6.07, 6.45) is 2.59. The molecule has 0 aromatic heterocycles. The van der Waals surface area contributed by atoms with E-state index in [0.717, 1.165) is 19.4 Å². The number of carbonyl (C=O) groups excluding carboxylic acids is 1. The summed E-state index contributed by atoms with van der Waals surface area (Å²) in [6.45, 7) is 4.80. The minimum absolute atomic E-state index is 0.0183. The van der Waals surface area contributed by atoms with E-state index in [1.165, 1.54) is 11.1 Å². The fraction of sp³-hybridized carbons (Fsp3) is 0.588. The Bertz CT molecular complexity index is 507. The number of benzene rings is 1. The van der Waals surface area contributed by atoms with E-state index in [0.29, 0.717) is 6.42 Å². The molecule has 0 bridgehead atoms. The molecule has 1 fully saturated rings. The summed E-state index contributed by atoms with van der Waals surface area (Å²) in [5, 5.41) is 3.28. The summed E-state index contributed by atoms with van der Waals surface area (Å²) in [4.78, 5) is 12.4. The second-order valence-corrected chi connectivity index (χ2v) is 6.19. The van der Waals surface area contributed by atoms with Gasteiger partial charge in [0.1, 0.15) is 12.1 Å². The highest BCUT2D eigenvalue weighted by Crippen LogP contribution is 2.23. The molecule has 114 valence electrons. The van der Waals surface area contributed by atoms with Gasteiger partial charge < -0.3 is 14.8 Å². The first-order chi connectivity index (χ1) is 10.1. The molecular formula is C17H23NO3. The molecule has 0 saturated carbocycles. The van der Waals surface area contributed by atoms with E-state index in [9.17, 15) is 4.79 Å². The predicted octanol–water partition coefficient (Wildman–Crippen LogP) is 2.20. The molecule has 3 atom stereocenters. The molecule has 1 aromatic carbocycles. The minimum Gasteiger partial charge on any atom is -0.461 e. The Labute approximate surface area is 125 Å². The standard InChI is InChI=1S/C17H23NO3/c1-11-7-15(8-12(2)20-11)21-17(19)16-9-13-5-3-4-6-14(13)10-18-16/h3-6,11-12,15-16,18H,7-10H2,1-2H3/t11?,12?,15?,16-/m1/s1. The molecule has 4 heteroatoms. The molecule has 2 aliphatic heterocycles. The molecule has 3 rings (SSSR count). The van der Waals surface area contributed by atoms with Gasteiger partial charge in [-0.15, -0.1) is 0 Å². The molecule has 2 unspecified atom stereocenters. The first-order valence-corrected chi connectivity index (χ1v) is 7.78. The van der Waals surface area contributed by atoms with Gasteiger partial charge in [0.05, 0.1) is 12.2 Å². The van der Waals surface area contributed by atoms with Crippen molar-refractivity contribution in [2.45, 2.75) is 64.0 Å². The number of hydrogen-bond donors (Lipinski definition) is 1. The molecule has 4 nitrogen and oxygen atoms in total. The van der Waals surface area contributed by atoms with Crippen molar-refractivity contribution in [2.75, 3.05) is 0 Å². The molecular weight excluding hydrogens is 266 g/mol. The van der Waals surface area contributed by atoms with Gasteiger partial charge in [-0.25, -0.2) is 0 Å². The highest BCUT2D eigenvalue weighted by molar-refractivity contribution is 5.77. The van der Waals surface area contributed by atoms with Gasteiger partial charge in [0.25, 0.3) is 0 Å². The van der Waals surface area contributed by atoms with Crippen LogP contribution in [0.3, 0.4) is 0 Å². The quantitative estimate of drug-likeness (QED) is 0.848. The Kier molecular flexibility index (Phi) is 4.27. The highest BCUT2D eigenvalue weighted by Gasteiger charge is 2.31. The number of fused-ring (bicyclic) bond motifs is 1. The second kappa shape index (κ2) is 6.16. The molecule has 1 N–H and O–H groups in total. The smallest absolute Gasteiger partial charge is 0.323 e. The summed E-state index contributed by atoms with van der Waals surface area (Å²) in [6, 6.07) is 8.02. The normalized spacial score (nSPS) is 32.3. The van der Waals surface area contributed by atoms with Crippen molar-refractivity contribution >= 4 is 5.97 Å². The van der Waals surface area contributed by atoms with Crippen molar-refractivity contribution in [1.82, 2.24) is 5.32 Å². The number of hydrogen-bond acceptors (Lipinski definition) is 4. The lowest BCUT2D eigenvalue weighted by molar-refractivity contribution is -0.162. The largest absolute Gasteiger partial charge is 0.461 e. The minimum atomic E-state index is -0.228. The topological polar surface area (TPSA) is 47.6 Å². The van der Waals surface area contributed by atoms with Crippen LogP contribution in [-0.4, -0.2) is 30.3 Å². The highest BCUT2D eigenvalue weighted by atomic mass is 16.6. The molecule has 1 saturated heterocycles. The van der Waals surface area contributed by atoms with E-state index in [2.05, 4.69) is 17.4 Å². The fourth-order valence-corrected chi connectivity index (χ4v) is 3.31. The van der Waals surface area contributed by atoms with Crippen LogP contribution in [0, 0.1) is 0 Å². The van der Waals surface area contributed by atoms with Gasteiger partial charge in [0.2, 0.25) is 0 Å². The summed E-state index contributed by atoms with van der Waals surface area (Å²) in [5.41, 5.74) is 2.52. The average Bonchev–Trinajstić information content (AvgIpc) is 2.45. The lowest BCUT2D eigenvalue weighted by atomic mass is 9.96. The molecule has 0 amide bonds. The third kappa shape index (κ3) is 3.44. The maximum absolute atomic E-state index is 12.4. The Morgan fingerprint density at radius 2 is 1.86 bits per heavy atom. The monoisotopic (exact) mass is 289 g/mol. The summed E-state index contributed by atoms with van der Waals surface area (Å²) in [5.74, 6) is -0.129. The zero-order chi connectivity index (χ0) is 14.8. The molecule has 0 aliphatic carbocycles. The van der Waals surface area contributed by atoms with Crippen molar-refractivity contribution < 1.29 is 14.3 Å². The van der Waals surface area contributed by atoms with E-state index in [-0.39, 0.29) is 30.3 Å². The first-order valence-electron chi connectivity index (χ1n) is 7.78. The van der Waals surface area contributed by atoms with Crippen molar-refractivity contribution in [3.63, 3.8) is 0 Å². The molecule has 2 aliphatic rings. The van der Waals surface area contributed by atoms with E-state index >= 15 is 0 Å². The number of ether oxygens (including phenoxy) is 2. The van der Waals surface area contributed by atoms with E-state index in [1.54, 1.807) is 0 Å². The van der Waals surface area contributed by atoms with Crippen LogP contribution >= 0.6 is 0 Å². The summed E-state index contributed by atoms with van der Waals surface area (Å²) >= 11 is 0. The molecule has 1 aromatic rings. The van der Waals surface area contributed by atoms with Crippen LogP contribution in [0.15, 0.2) is 24.3 Å². The van der Waals surface area contributed by atoms with Crippen LogP contribution in [0.4, 0.5) is 0 Å². The van der Waals surface area contributed by atoms with Gasteiger partial charge in [-0.3, -0.25) is 4.79 Å². The zero-order valence-corrected chi connectivity index (χ0v) is 12.7. The first kappa shape index (κ1) is 14.5. The Hall–Kier alpha value is -1.39. The van der Waals surface area contributed by atoms with Gasteiger partial charge in [0, 0.05) is 19.4 Å². The van der Waals surface area contributed by atoms with Crippen LogP contribution in [0.2, 0.25) is 0 Å². The number of rotatable bonds is 2. The second-order valence-electron chi connectivity index (χ2n) is 6.19. The number of nitrogens with one attached hydrogen (secondary N) is 1. The van der Waals surface area contributed by atoms with E-state index in [1.807, 2.05) is 26.0 Å². The van der Waals surface area contributed by atoms with Gasteiger partial charge in [-0.05, 0) is 31.4 Å². The Morgan fingerprint density at radius 3 is 2.57 bits per heavy atom. The fourth-order valence-electron chi connectivity index (χ4n) is 3.31. The van der Waals surface area contributed by atoms with Crippen LogP contribution in [0.5, 0.6) is 0 Å². The molecule has 0 radical (unpaired) electrons. The third-order valence-corrected chi connectivity index (χ3v) is 4.30. The third-order valence-electron chi connectivity index (χ3n) is 4.30. The van der Waals surface area contributed by atoms with Crippen LogP contribution in [0.1, 0.15) is 37.8 Å². The van der Waals surface area contributed by atoms with Gasteiger partial charge in [0.15, 0.2) is 0 Å². The van der Waals surface area contributed by atoms with Crippen molar-refractivity contribution in [1.29, 1.82) is 0 Å². The van der Waals surface area contributed by atoms with Crippen LogP contribution < -0.4 is 5.32 Å². The van der Waals surface area contributed by atoms with E-state index in [4.69, 9.17) is 9.47 Å². The maximum atomic E-state index is 12.4. The van der Waals surface area contributed by atoms with Crippen LogP contribution in [0.25, 0.3) is 0 Å². The number of esters is 1. The molecule has 2 heterocycles. The summed E-state index contributed by atoms with van der Waals surface area (Å²) in [7, 11) is 0. The maximum Gasteiger partial charge on any atom is 0.323 e. The van der Waals surface area contributed by atoms with Crippen LogP contribution in [-0.2, 0) is 27.2 Å². The Morgan fingerprint density at radius 1 is 1.19 bits per heavy atom. The van der Waals surface area contributed by atoms with Crippen molar-refractivity contribution in [3.8, 4) is 0 Å². The van der Waals surface area contributed by atoms with Crippen molar-refractivity contribution in [3.05, 3.63) is 35.4 Å². The Balaban J connectivity index is 1.59. The van der Waals surface area contributed by atoms with Gasteiger partial charge in [-0.2, -0.15) is 0 Å². The van der Waals surface area contributed by atoms with Crippen molar-refractivity contribution in [2.24, 2.45) is 0 Å². The van der Waals surface area contributed by atoms with Gasteiger partial charge in [-0.1, -0.05) is 24.3 Å². The SMILES string of the molecule is CC1CC(OC(=O)[C@H]2Cc3ccccc3CN2)CC(C)O1. The lowest BCUT2D eigenvalue weighted by Crippen LogP contribution is -2.45. The zero-order valence-electron chi connectivity index (χ0n) is 12.7.